The molecule has 1 aliphatic rings. The minimum absolute atomic E-state index is 0.381. The maximum absolute atomic E-state index is 13.3. The quantitative estimate of drug-likeness (QED) is 0.340. The molecule has 0 saturated heterocycles. The summed E-state index contributed by atoms with van der Waals surface area (Å²) >= 11 is 0. The third-order valence-corrected chi connectivity index (χ3v) is 6.29. The molecule has 3 aromatic carbocycles. The summed E-state index contributed by atoms with van der Waals surface area (Å²) in [5.41, 5.74) is 5.36. The molecular formula is C30H26N2O5. The predicted molar refractivity (Wildman–Crippen MR) is 143 cm³/mol. The van der Waals surface area contributed by atoms with E-state index in [1.165, 1.54) is 0 Å². The first-order valence-electron chi connectivity index (χ1n) is 11.9. The zero-order valence-corrected chi connectivity index (χ0v) is 20.6. The van der Waals surface area contributed by atoms with E-state index in [2.05, 4.69) is 11.4 Å². The molecule has 0 radical (unpaired) electrons. The molecule has 7 nitrogen and oxygen atoms in total. The van der Waals surface area contributed by atoms with Crippen LogP contribution in [-0.4, -0.2) is 37.7 Å². The number of nitrogens with one attached hydrogen (secondary N) is 1. The number of allylic oxidation sites excluding steroid dienone is 1. The van der Waals surface area contributed by atoms with Crippen molar-refractivity contribution in [2.75, 3.05) is 26.1 Å². The van der Waals surface area contributed by atoms with E-state index in [1.807, 2.05) is 60.7 Å². The highest BCUT2D eigenvalue weighted by atomic mass is 16.5. The van der Waals surface area contributed by atoms with E-state index in [4.69, 9.17) is 19.2 Å². The smallest absolute Gasteiger partial charge is 0.339 e. The third kappa shape index (κ3) is 5.02. The Morgan fingerprint density at radius 2 is 1.68 bits per heavy atom. The maximum atomic E-state index is 13.3. The first kappa shape index (κ1) is 24.1. The van der Waals surface area contributed by atoms with Crippen LogP contribution in [-0.2, 0) is 16.0 Å². The monoisotopic (exact) mass is 494 g/mol. The molecule has 1 heterocycles. The van der Waals surface area contributed by atoms with Crippen LogP contribution in [0.5, 0.6) is 11.5 Å². The topological polar surface area (TPSA) is 86.8 Å². The van der Waals surface area contributed by atoms with Gasteiger partial charge in [-0.1, -0.05) is 42.5 Å². The number of anilines is 1. The van der Waals surface area contributed by atoms with Crippen LogP contribution < -0.4 is 14.8 Å². The molecule has 1 amide bonds. The van der Waals surface area contributed by atoms with E-state index in [0.29, 0.717) is 40.1 Å². The van der Waals surface area contributed by atoms with Crippen LogP contribution in [0, 0.1) is 0 Å². The second-order valence-electron chi connectivity index (χ2n) is 8.61. The van der Waals surface area contributed by atoms with Crippen molar-refractivity contribution in [3.05, 3.63) is 95.2 Å². The van der Waals surface area contributed by atoms with Crippen molar-refractivity contribution in [3.8, 4) is 11.5 Å². The van der Waals surface area contributed by atoms with E-state index in [1.54, 1.807) is 26.4 Å². The summed E-state index contributed by atoms with van der Waals surface area (Å²) in [6, 6.07) is 22.3. The van der Waals surface area contributed by atoms with Gasteiger partial charge in [-0.15, -0.1) is 0 Å². The number of hydrogen-bond acceptors (Lipinski definition) is 6. The molecule has 1 N–H and O–H groups in total. The summed E-state index contributed by atoms with van der Waals surface area (Å²) in [5, 5.41) is 3.44. The van der Waals surface area contributed by atoms with Gasteiger partial charge in [-0.3, -0.25) is 4.79 Å². The fourth-order valence-electron chi connectivity index (χ4n) is 4.58. The number of nitrogens with zero attached hydrogens (tertiary/aromatic N) is 1. The van der Waals surface area contributed by atoms with Gasteiger partial charge in [-0.25, -0.2) is 9.78 Å². The third-order valence-electron chi connectivity index (χ3n) is 6.29. The average molecular weight is 495 g/mol. The number of para-hydroxylation sites is 2. The zero-order chi connectivity index (χ0) is 25.8. The number of carbonyl (C=O) groups excluding carboxylic acids is 2. The molecule has 0 saturated carbocycles. The Kier molecular flexibility index (Phi) is 6.85. The van der Waals surface area contributed by atoms with Crippen LogP contribution >= 0.6 is 0 Å². The van der Waals surface area contributed by atoms with Gasteiger partial charge in [-0.2, -0.15) is 0 Å². The largest absolute Gasteiger partial charge is 0.493 e. The summed E-state index contributed by atoms with van der Waals surface area (Å²) in [7, 11) is 3.20. The van der Waals surface area contributed by atoms with E-state index >= 15 is 0 Å². The number of aromatic nitrogens is 1. The summed E-state index contributed by atoms with van der Waals surface area (Å²) < 4.78 is 16.3. The van der Waals surface area contributed by atoms with E-state index in [-0.39, 0.29) is 6.61 Å². The molecule has 7 heteroatoms. The fraction of sp³-hybridized carbons (Fsp3) is 0.167. The molecule has 186 valence electrons. The Morgan fingerprint density at radius 1 is 0.919 bits per heavy atom. The summed E-state index contributed by atoms with van der Waals surface area (Å²) in [5.74, 6) is 0.357. The lowest BCUT2D eigenvalue weighted by Crippen LogP contribution is -2.21. The number of hydrogen-bond donors (Lipinski definition) is 1. The predicted octanol–water partition coefficient (Wildman–Crippen LogP) is 5.53. The van der Waals surface area contributed by atoms with Crippen LogP contribution in [0.4, 0.5) is 5.69 Å². The van der Waals surface area contributed by atoms with Crippen molar-refractivity contribution < 1.29 is 23.8 Å². The molecule has 0 fully saturated rings. The number of pyridine rings is 1. The molecule has 0 bridgehead atoms. The lowest BCUT2D eigenvalue weighted by atomic mass is 10.0. The second kappa shape index (κ2) is 10.5. The maximum Gasteiger partial charge on any atom is 0.339 e. The first-order valence-corrected chi connectivity index (χ1v) is 11.9. The van der Waals surface area contributed by atoms with Gasteiger partial charge in [0.05, 0.1) is 31.0 Å². The van der Waals surface area contributed by atoms with Gasteiger partial charge in [0.1, 0.15) is 0 Å². The van der Waals surface area contributed by atoms with Crippen LogP contribution in [0.15, 0.2) is 72.8 Å². The van der Waals surface area contributed by atoms with Crippen LogP contribution in [0.3, 0.4) is 0 Å². The minimum Gasteiger partial charge on any atom is -0.493 e. The number of carbonyl (C=O) groups is 2. The van der Waals surface area contributed by atoms with Gasteiger partial charge in [0.2, 0.25) is 0 Å². The molecule has 0 unspecified atom stereocenters. The molecule has 37 heavy (non-hydrogen) atoms. The fourth-order valence-corrected chi connectivity index (χ4v) is 4.58. The van der Waals surface area contributed by atoms with Gasteiger partial charge >= 0.3 is 5.97 Å². The SMILES string of the molecule is COc1ccc(C=C2CCc3c2nc2ccccc2c3C(=O)OCC(=O)Nc2ccccc2)cc1OC. The number of ether oxygens (including phenoxy) is 3. The van der Waals surface area contributed by atoms with Crippen LogP contribution in [0.1, 0.15) is 33.6 Å². The molecule has 0 aliphatic heterocycles. The average Bonchev–Trinajstić information content (AvgIpc) is 3.32. The molecule has 0 spiro atoms. The molecule has 4 aromatic rings. The van der Waals surface area contributed by atoms with Crippen molar-refractivity contribution in [2.45, 2.75) is 12.8 Å². The van der Waals surface area contributed by atoms with Crippen LogP contribution in [0.2, 0.25) is 0 Å². The minimum atomic E-state index is -0.537. The van der Waals surface area contributed by atoms with Gasteiger partial charge < -0.3 is 19.5 Å². The number of rotatable bonds is 7. The Morgan fingerprint density at radius 3 is 2.46 bits per heavy atom. The Labute approximate surface area is 214 Å². The van der Waals surface area contributed by atoms with E-state index in [9.17, 15) is 9.59 Å². The van der Waals surface area contributed by atoms with Gasteiger partial charge in [0.15, 0.2) is 18.1 Å². The highest BCUT2D eigenvalue weighted by Gasteiger charge is 2.28. The number of benzene rings is 3. The lowest BCUT2D eigenvalue weighted by Gasteiger charge is -2.13. The summed E-state index contributed by atoms with van der Waals surface area (Å²) in [4.78, 5) is 30.6. The van der Waals surface area contributed by atoms with Crippen molar-refractivity contribution in [3.63, 3.8) is 0 Å². The normalized spacial score (nSPS) is 13.3. The first-order chi connectivity index (χ1) is 18.1. The molecule has 1 aromatic heterocycles. The highest BCUT2D eigenvalue weighted by Crippen LogP contribution is 2.38. The van der Waals surface area contributed by atoms with Crippen molar-refractivity contribution in [1.29, 1.82) is 0 Å². The Balaban J connectivity index is 1.45. The number of fused-ring (bicyclic) bond motifs is 2. The Hall–Kier alpha value is -4.65. The lowest BCUT2D eigenvalue weighted by molar-refractivity contribution is -0.119. The molecular weight excluding hydrogens is 468 g/mol. The molecule has 5 rings (SSSR count). The molecule has 0 atom stereocenters. The summed E-state index contributed by atoms with van der Waals surface area (Å²) in [6.45, 7) is -0.381. The molecule has 1 aliphatic carbocycles. The highest BCUT2D eigenvalue weighted by molar-refractivity contribution is 6.08. The second-order valence-corrected chi connectivity index (χ2v) is 8.61. The van der Waals surface area contributed by atoms with E-state index in [0.717, 1.165) is 28.8 Å². The zero-order valence-electron chi connectivity index (χ0n) is 20.6. The summed E-state index contributed by atoms with van der Waals surface area (Å²) in [6.07, 6.45) is 3.42. The Bertz CT molecular complexity index is 1510. The van der Waals surface area contributed by atoms with Crippen molar-refractivity contribution in [1.82, 2.24) is 4.98 Å². The number of methoxy groups -OCH3 is 2. The number of amides is 1. The van der Waals surface area contributed by atoms with Gasteiger partial charge in [0, 0.05) is 11.1 Å². The van der Waals surface area contributed by atoms with E-state index < -0.39 is 11.9 Å². The van der Waals surface area contributed by atoms with Crippen molar-refractivity contribution >= 4 is 40.1 Å². The number of esters is 1. The van der Waals surface area contributed by atoms with Gasteiger partial charge in [-0.05, 0) is 65.9 Å². The standard InChI is InChI=1S/C30H26N2O5/c1-35-25-15-12-19(17-26(25)36-2)16-20-13-14-23-28(22-10-6-7-11-24(22)32-29(20)23)30(34)37-18-27(33)31-21-8-4-3-5-9-21/h3-12,15-17H,13-14,18H2,1-2H3,(H,31,33). The van der Waals surface area contributed by atoms with Gasteiger partial charge in [0.25, 0.3) is 5.91 Å². The van der Waals surface area contributed by atoms with Crippen LogP contribution in [0.25, 0.3) is 22.6 Å². The van der Waals surface area contributed by atoms with Crippen molar-refractivity contribution in [2.24, 2.45) is 0 Å².